The number of benzene rings is 1. The summed E-state index contributed by atoms with van der Waals surface area (Å²) in [6.45, 7) is 0. The lowest BCUT2D eigenvalue weighted by Crippen LogP contribution is -2.30. The van der Waals surface area contributed by atoms with E-state index in [1.54, 1.807) is 30.3 Å². The number of hydrazine groups is 1. The molecule has 0 bridgehead atoms. The summed E-state index contributed by atoms with van der Waals surface area (Å²) in [5.41, 5.74) is 4.57. The molecule has 0 atom stereocenters. The van der Waals surface area contributed by atoms with Gasteiger partial charge in [-0.2, -0.15) is 0 Å². The number of amides is 1. The molecule has 0 fully saturated rings. The first-order chi connectivity index (χ1) is 14.0. The van der Waals surface area contributed by atoms with E-state index in [0.717, 1.165) is 6.33 Å². The Balaban J connectivity index is 1.83. The highest BCUT2D eigenvalue weighted by Crippen LogP contribution is 2.30. The van der Waals surface area contributed by atoms with E-state index in [4.69, 9.17) is 16.3 Å². The largest absolute Gasteiger partial charge is 0.496 e. The second-order valence-electron chi connectivity index (χ2n) is 5.44. The highest BCUT2D eigenvalue weighted by molar-refractivity contribution is 6.30. The van der Waals surface area contributed by atoms with Gasteiger partial charge >= 0.3 is 5.69 Å². The van der Waals surface area contributed by atoms with Crippen molar-refractivity contribution in [2.45, 2.75) is 0 Å². The Hall–Kier alpha value is -3.99. The van der Waals surface area contributed by atoms with E-state index in [9.17, 15) is 14.9 Å². The molecule has 1 amide bonds. The molecule has 0 spiro atoms. The van der Waals surface area contributed by atoms with Crippen molar-refractivity contribution in [2.24, 2.45) is 0 Å². The van der Waals surface area contributed by atoms with Gasteiger partial charge in [0.05, 0.1) is 22.6 Å². The van der Waals surface area contributed by atoms with Crippen molar-refractivity contribution in [3.8, 4) is 5.75 Å². The van der Waals surface area contributed by atoms with Crippen molar-refractivity contribution >= 4 is 40.6 Å². The number of rotatable bonds is 7. The van der Waals surface area contributed by atoms with Crippen LogP contribution in [0.5, 0.6) is 5.75 Å². The summed E-state index contributed by atoms with van der Waals surface area (Å²) in [6.07, 6.45) is 2.48. The van der Waals surface area contributed by atoms with E-state index in [0.29, 0.717) is 16.6 Å². The molecule has 0 saturated heterocycles. The number of nitro groups is 1. The molecule has 0 aliphatic carbocycles. The van der Waals surface area contributed by atoms with Gasteiger partial charge in [0.1, 0.15) is 17.9 Å². The molecule has 3 N–H and O–H groups in total. The van der Waals surface area contributed by atoms with Crippen molar-refractivity contribution < 1.29 is 14.5 Å². The Morgan fingerprint density at radius 1 is 1.14 bits per heavy atom. The molecule has 148 valence electrons. The minimum absolute atomic E-state index is 0.117. The molecule has 2 aromatic heterocycles. The van der Waals surface area contributed by atoms with Crippen LogP contribution in [0.1, 0.15) is 10.4 Å². The van der Waals surface area contributed by atoms with Crippen molar-refractivity contribution in [2.75, 3.05) is 17.9 Å². The molecule has 3 rings (SSSR count). The van der Waals surface area contributed by atoms with Crippen LogP contribution in [0, 0.1) is 10.1 Å². The number of hydrogen-bond acceptors (Lipinski definition) is 9. The summed E-state index contributed by atoms with van der Waals surface area (Å²) in [4.78, 5) is 35.0. The molecule has 29 heavy (non-hydrogen) atoms. The summed E-state index contributed by atoms with van der Waals surface area (Å²) >= 11 is 5.78. The van der Waals surface area contributed by atoms with Crippen LogP contribution in [-0.2, 0) is 0 Å². The predicted octanol–water partition coefficient (Wildman–Crippen LogP) is 2.94. The van der Waals surface area contributed by atoms with Crippen molar-refractivity contribution in [1.29, 1.82) is 0 Å². The summed E-state index contributed by atoms with van der Waals surface area (Å²) in [7, 11) is 1.43. The van der Waals surface area contributed by atoms with Crippen LogP contribution in [-0.4, -0.2) is 32.9 Å². The maximum atomic E-state index is 12.4. The Kier molecular flexibility index (Phi) is 6.00. The quantitative estimate of drug-likeness (QED) is 0.391. The van der Waals surface area contributed by atoms with Gasteiger partial charge in [0.15, 0.2) is 0 Å². The first kappa shape index (κ1) is 19.8. The molecule has 3 aromatic rings. The standard InChI is InChI=1S/C17H14ClN7O4/c1-29-12-5-3-2-4-11(12)17(26)24-23-16-14(25(27)28)15(20-9-21-16)22-13-7-6-10(18)8-19-13/h2-9H,1H3,(H,24,26)(H2,19,20,21,22,23). The Labute approximate surface area is 169 Å². The summed E-state index contributed by atoms with van der Waals surface area (Å²) < 4.78 is 5.13. The van der Waals surface area contributed by atoms with Gasteiger partial charge in [0.25, 0.3) is 5.91 Å². The second kappa shape index (κ2) is 8.80. The fourth-order valence-corrected chi connectivity index (χ4v) is 2.43. The van der Waals surface area contributed by atoms with Gasteiger partial charge in [-0.15, -0.1) is 0 Å². The Morgan fingerprint density at radius 3 is 2.59 bits per heavy atom. The lowest BCUT2D eigenvalue weighted by atomic mass is 10.2. The third-order valence-corrected chi connectivity index (χ3v) is 3.85. The third-order valence-electron chi connectivity index (χ3n) is 3.62. The number of carbonyl (C=O) groups is 1. The Bertz CT molecular complexity index is 1050. The van der Waals surface area contributed by atoms with Crippen LogP contribution in [0.2, 0.25) is 5.02 Å². The van der Waals surface area contributed by atoms with E-state index in [1.165, 1.54) is 19.4 Å². The van der Waals surface area contributed by atoms with Crippen LogP contribution in [0.3, 0.4) is 0 Å². The molecule has 0 aliphatic rings. The second-order valence-corrected chi connectivity index (χ2v) is 5.88. The van der Waals surface area contributed by atoms with Gasteiger partial charge in [-0.1, -0.05) is 23.7 Å². The highest BCUT2D eigenvalue weighted by atomic mass is 35.5. The van der Waals surface area contributed by atoms with Crippen molar-refractivity contribution in [3.05, 3.63) is 69.6 Å². The molecule has 0 unspecified atom stereocenters. The SMILES string of the molecule is COc1ccccc1C(=O)NNc1ncnc(Nc2ccc(Cl)cn2)c1[N+](=O)[O-]. The fourth-order valence-electron chi connectivity index (χ4n) is 2.32. The van der Waals surface area contributed by atoms with Gasteiger partial charge in [0.2, 0.25) is 11.6 Å². The number of nitrogens with one attached hydrogen (secondary N) is 3. The monoisotopic (exact) mass is 415 g/mol. The Morgan fingerprint density at radius 2 is 1.90 bits per heavy atom. The summed E-state index contributed by atoms with van der Waals surface area (Å²) in [6, 6.07) is 9.63. The number of carbonyl (C=O) groups excluding carboxylic acids is 1. The smallest absolute Gasteiger partial charge is 0.355 e. The van der Waals surface area contributed by atoms with E-state index in [1.807, 2.05) is 0 Å². The van der Waals surface area contributed by atoms with Crippen LogP contribution < -0.4 is 20.9 Å². The average molecular weight is 416 g/mol. The first-order valence-electron chi connectivity index (χ1n) is 8.07. The first-order valence-corrected chi connectivity index (χ1v) is 8.44. The van der Waals surface area contributed by atoms with Gasteiger partial charge in [0, 0.05) is 6.20 Å². The number of hydrogen-bond donors (Lipinski definition) is 3. The molecule has 12 heteroatoms. The minimum atomic E-state index is -0.685. The van der Waals surface area contributed by atoms with Gasteiger partial charge in [-0.05, 0) is 24.3 Å². The van der Waals surface area contributed by atoms with Crippen LogP contribution in [0.4, 0.5) is 23.1 Å². The molecule has 11 nitrogen and oxygen atoms in total. The summed E-state index contributed by atoms with van der Waals surface area (Å²) in [5.74, 6) is -0.261. The highest BCUT2D eigenvalue weighted by Gasteiger charge is 2.24. The van der Waals surface area contributed by atoms with Gasteiger partial charge in [-0.3, -0.25) is 25.8 Å². The lowest BCUT2D eigenvalue weighted by molar-refractivity contribution is -0.383. The number of nitrogens with zero attached hydrogens (tertiary/aromatic N) is 4. The number of methoxy groups -OCH3 is 1. The zero-order valence-electron chi connectivity index (χ0n) is 14.9. The van der Waals surface area contributed by atoms with E-state index >= 15 is 0 Å². The van der Waals surface area contributed by atoms with Crippen molar-refractivity contribution in [3.63, 3.8) is 0 Å². The average Bonchev–Trinajstić information content (AvgIpc) is 2.73. The third kappa shape index (κ3) is 4.65. The fraction of sp³-hybridized carbons (Fsp3) is 0.0588. The molecule has 1 aromatic carbocycles. The predicted molar refractivity (Wildman–Crippen MR) is 105 cm³/mol. The molecule has 0 aliphatic heterocycles. The van der Waals surface area contributed by atoms with Gasteiger partial charge < -0.3 is 10.1 Å². The van der Waals surface area contributed by atoms with Crippen LogP contribution in [0.15, 0.2) is 48.9 Å². The maximum Gasteiger partial charge on any atom is 0.355 e. The van der Waals surface area contributed by atoms with Crippen LogP contribution in [0.25, 0.3) is 0 Å². The zero-order chi connectivity index (χ0) is 20.8. The molecule has 0 saturated carbocycles. The maximum absolute atomic E-state index is 12.4. The topological polar surface area (TPSA) is 144 Å². The molecular formula is C17H14ClN7O4. The van der Waals surface area contributed by atoms with Crippen molar-refractivity contribution in [1.82, 2.24) is 20.4 Å². The molecule has 2 heterocycles. The number of ether oxygens (including phenoxy) is 1. The number of para-hydroxylation sites is 1. The van der Waals surface area contributed by atoms with Crippen LogP contribution >= 0.6 is 11.6 Å². The molecular weight excluding hydrogens is 402 g/mol. The van der Waals surface area contributed by atoms with E-state index in [2.05, 4.69) is 31.1 Å². The summed E-state index contributed by atoms with van der Waals surface area (Å²) in [5, 5.41) is 14.7. The van der Waals surface area contributed by atoms with E-state index in [-0.39, 0.29) is 17.2 Å². The number of anilines is 3. The normalized spacial score (nSPS) is 10.1. The van der Waals surface area contributed by atoms with Gasteiger partial charge in [-0.25, -0.2) is 15.0 Å². The number of aromatic nitrogens is 3. The molecule has 0 radical (unpaired) electrons. The lowest BCUT2D eigenvalue weighted by Gasteiger charge is -2.12. The number of halogens is 1. The van der Waals surface area contributed by atoms with E-state index < -0.39 is 16.5 Å². The number of pyridine rings is 1. The zero-order valence-corrected chi connectivity index (χ0v) is 15.7. The minimum Gasteiger partial charge on any atom is -0.496 e.